The van der Waals surface area contributed by atoms with Crippen molar-refractivity contribution in [1.29, 1.82) is 0 Å². The van der Waals surface area contributed by atoms with Gasteiger partial charge < -0.3 is 15.7 Å². The largest absolute Gasteiger partial charge is 0.384 e. The average molecular weight is 376 g/mol. The van der Waals surface area contributed by atoms with Crippen LogP contribution in [-0.4, -0.2) is 16.8 Å². The van der Waals surface area contributed by atoms with Crippen LogP contribution >= 0.6 is 0 Å². The molecular formula is C23H24N2O3. The summed E-state index contributed by atoms with van der Waals surface area (Å²) >= 11 is 0. The van der Waals surface area contributed by atoms with Gasteiger partial charge in [-0.05, 0) is 23.5 Å². The van der Waals surface area contributed by atoms with Crippen molar-refractivity contribution in [2.45, 2.75) is 38.8 Å². The number of Topliss-reactive ketones (excluding diaryl/α,β-unsaturated/α-hetero) is 1. The van der Waals surface area contributed by atoms with Gasteiger partial charge in [0.1, 0.15) is 0 Å². The van der Waals surface area contributed by atoms with Gasteiger partial charge in [0.15, 0.2) is 5.78 Å². The molecule has 4 rings (SSSR count). The molecule has 0 aromatic heterocycles. The molecule has 144 valence electrons. The average Bonchev–Trinajstić information content (AvgIpc) is 2.91. The summed E-state index contributed by atoms with van der Waals surface area (Å²) in [4.78, 5) is 25.9. The molecule has 28 heavy (non-hydrogen) atoms. The minimum absolute atomic E-state index is 0.171. The number of rotatable bonds is 4. The van der Waals surface area contributed by atoms with Crippen LogP contribution in [0.5, 0.6) is 0 Å². The molecule has 0 fully saturated rings. The van der Waals surface area contributed by atoms with Crippen LogP contribution < -0.4 is 10.6 Å². The van der Waals surface area contributed by atoms with Gasteiger partial charge in [-0.3, -0.25) is 9.59 Å². The fourth-order valence-corrected chi connectivity index (χ4v) is 4.19. The monoisotopic (exact) mass is 376 g/mol. The summed E-state index contributed by atoms with van der Waals surface area (Å²) in [6.45, 7) is 4.57. The highest BCUT2D eigenvalue weighted by Gasteiger charge is 2.53. The van der Waals surface area contributed by atoms with Crippen LogP contribution in [0.4, 0.5) is 5.69 Å². The van der Waals surface area contributed by atoms with E-state index in [9.17, 15) is 14.7 Å². The Morgan fingerprint density at radius 2 is 1.68 bits per heavy atom. The molecule has 0 saturated carbocycles. The fourth-order valence-electron chi connectivity index (χ4n) is 4.19. The van der Waals surface area contributed by atoms with Gasteiger partial charge in [-0.25, -0.2) is 0 Å². The zero-order valence-electron chi connectivity index (χ0n) is 16.1. The Bertz CT molecular complexity index is 978. The van der Waals surface area contributed by atoms with E-state index in [4.69, 9.17) is 0 Å². The van der Waals surface area contributed by atoms with E-state index in [0.29, 0.717) is 29.9 Å². The second kappa shape index (κ2) is 6.60. The lowest BCUT2D eigenvalue weighted by atomic mass is 9.70. The van der Waals surface area contributed by atoms with Crippen LogP contribution in [0.25, 0.3) is 0 Å². The lowest BCUT2D eigenvalue weighted by Crippen LogP contribution is -2.45. The van der Waals surface area contributed by atoms with Gasteiger partial charge in [0.25, 0.3) is 5.91 Å². The first kappa shape index (κ1) is 18.4. The van der Waals surface area contributed by atoms with Gasteiger partial charge in [-0.1, -0.05) is 62.4 Å². The molecule has 1 aliphatic carbocycles. The van der Waals surface area contributed by atoms with Crippen molar-refractivity contribution < 1.29 is 14.7 Å². The van der Waals surface area contributed by atoms with Crippen LogP contribution in [0.15, 0.2) is 65.9 Å². The summed E-state index contributed by atoms with van der Waals surface area (Å²) < 4.78 is 0. The molecule has 0 radical (unpaired) electrons. The van der Waals surface area contributed by atoms with E-state index in [1.165, 1.54) is 0 Å². The summed E-state index contributed by atoms with van der Waals surface area (Å²) in [6.07, 6.45) is 0.870. The highest BCUT2D eigenvalue weighted by Crippen LogP contribution is 2.47. The third kappa shape index (κ3) is 3.02. The molecule has 0 saturated heterocycles. The van der Waals surface area contributed by atoms with Crippen LogP contribution in [0, 0.1) is 5.41 Å². The van der Waals surface area contributed by atoms with Crippen LogP contribution in [0.3, 0.4) is 0 Å². The second-order valence-corrected chi connectivity index (χ2v) is 8.34. The third-order valence-electron chi connectivity index (χ3n) is 5.48. The van der Waals surface area contributed by atoms with Crippen LogP contribution in [-0.2, 0) is 21.7 Å². The highest BCUT2D eigenvalue weighted by atomic mass is 16.3. The van der Waals surface area contributed by atoms with Crippen LogP contribution in [0.1, 0.15) is 37.8 Å². The second-order valence-electron chi connectivity index (χ2n) is 8.34. The molecule has 5 heteroatoms. The molecule has 1 unspecified atom stereocenters. The first-order chi connectivity index (χ1) is 13.3. The molecule has 1 aliphatic heterocycles. The number of fused-ring (bicyclic) bond motifs is 1. The zero-order chi connectivity index (χ0) is 19.9. The highest BCUT2D eigenvalue weighted by molar-refractivity contribution is 6.14. The van der Waals surface area contributed by atoms with Crippen molar-refractivity contribution in [2.75, 3.05) is 5.32 Å². The number of hydrogen-bond donors (Lipinski definition) is 3. The number of carbonyl (C=O) groups excluding carboxylic acids is 2. The lowest BCUT2D eigenvalue weighted by Gasteiger charge is -2.37. The number of para-hydroxylation sites is 1. The van der Waals surface area contributed by atoms with E-state index in [2.05, 4.69) is 10.6 Å². The first-order valence-electron chi connectivity index (χ1n) is 9.49. The van der Waals surface area contributed by atoms with Crippen molar-refractivity contribution in [1.82, 2.24) is 5.32 Å². The Kier molecular flexibility index (Phi) is 4.35. The smallest absolute Gasteiger partial charge is 0.266 e. The minimum atomic E-state index is -1.97. The van der Waals surface area contributed by atoms with Crippen molar-refractivity contribution in [3.63, 3.8) is 0 Å². The molecule has 0 spiro atoms. The number of anilines is 1. The minimum Gasteiger partial charge on any atom is -0.384 e. The van der Waals surface area contributed by atoms with Gasteiger partial charge in [0, 0.05) is 29.9 Å². The van der Waals surface area contributed by atoms with E-state index in [0.717, 1.165) is 5.56 Å². The van der Waals surface area contributed by atoms with E-state index >= 15 is 0 Å². The molecule has 0 bridgehead atoms. The standard InChI is InChI=1S/C23H24N2O3/c1-22(2)12-18(24-14-15-8-4-3-5-9-15)20(19(26)13-22)23(28)16-10-6-7-11-17(16)25-21(23)27/h3-11,24,28H,12-14H2,1-2H3,(H,25,27). The van der Waals surface area contributed by atoms with E-state index in [-0.39, 0.29) is 23.2 Å². The Morgan fingerprint density at radius 3 is 2.43 bits per heavy atom. The molecule has 2 aromatic rings. The maximum Gasteiger partial charge on any atom is 0.266 e. The van der Waals surface area contributed by atoms with Crippen molar-refractivity contribution in [2.24, 2.45) is 5.41 Å². The van der Waals surface area contributed by atoms with Crippen molar-refractivity contribution in [3.05, 3.63) is 77.0 Å². The molecule has 1 amide bonds. The van der Waals surface area contributed by atoms with E-state index in [1.807, 2.05) is 44.2 Å². The van der Waals surface area contributed by atoms with Crippen molar-refractivity contribution in [3.8, 4) is 0 Å². The number of benzene rings is 2. The predicted octanol–water partition coefficient (Wildman–Crippen LogP) is 3.26. The first-order valence-corrected chi connectivity index (χ1v) is 9.49. The topological polar surface area (TPSA) is 78.4 Å². The Morgan fingerprint density at radius 1 is 1.00 bits per heavy atom. The number of aliphatic hydroxyl groups is 1. The predicted molar refractivity (Wildman–Crippen MR) is 107 cm³/mol. The lowest BCUT2D eigenvalue weighted by molar-refractivity contribution is -0.134. The molecule has 1 heterocycles. The number of ketones is 1. The Hall–Kier alpha value is -2.92. The Balaban J connectivity index is 1.81. The molecule has 1 atom stereocenters. The molecule has 2 aromatic carbocycles. The fraction of sp³-hybridized carbons (Fsp3) is 0.304. The number of allylic oxidation sites excluding steroid dienone is 1. The third-order valence-corrected chi connectivity index (χ3v) is 5.48. The quantitative estimate of drug-likeness (QED) is 0.765. The van der Waals surface area contributed by atoms with Gasteiger partial charge in [-0.2, -0.15) is 0 Å². The molecule has 5 nitrogen and oxygen atoms in total. The summed E-state index contributed by atoms with van der Waals surface area (Å²) in [5, 5.41) is 17.6. The molecule has 3 N–H and O–H groups in total. The molecule has 2 aliphatic rings. The van der Waals surface area contributed by atoms with Gasteiger partial charge >= 0.3 is 0 Å². The zero-order valence-corrected chi connectivity index (χ0v) is 16.1. The van der Waals surface area contributed by atoms with Gasteiger partial charge in [0.2, 0.25) is 5.60 Å². The van der Waals surface area contributed by atoms with Gasteiger partial charge in [0.05, 0.1) is 5.57 Å². The number of amides is 1. The number of carbonyl (C=O) groups is 2. The SMILES string of the molecule is CC1(C)CC(=O)C(C2(O)C(=O)Nc3ccccc32)=C(NCc2ccccc2)C1. The maximum absolute atomic E-state index is 13.1. The van der Waals surface area contributed by atoms with E-state index in [1.54, 1.807) is 24.3 Å². The normalized spacial score (nSPS) is 23.4. The number of hydrogen-bond acceptors (Lipinski definition) is 4. The molecular weight excluding hydrogens is 352 g/mol. The summed E-state index contributed by atoms with van der Waals surface area (Å²) in [7, 11) is 0. The summed E-state index contributed by atoms with van der Waals surface area (Å²) in [5.74, 6) is -0.767. The summed E-state index contributed by atoms with van der Waals surface area (Å²) in [6, 6.07) is 16.8. The number of nitrogens with one attached hydrogen (secondary N) is 2. The van der Waals surface area contributed by atoms with Crippen LogP contribution in [0.2, 0.25) is 0 Å². The van der Waals surface area contributed by atoms with Crippen molar-refractivity contribution >= 4 is 17.4 Å². The Labute approximate surface area is 164 Å². The van der Waals surface area contributed by atoms with E-state index < -0.39 is 11.5 Å². The van der Waals surface area contributed by atoms with Gasteiger partial charge in [-0.15, -0.1) is 0 Å². The summed E-state index contributed by atoms with van der Waals surface area (Å²) in [5.41, 5.74) is 0.635. The maximum atomic E-state index is 13.1.